The summed E-state index contributed by atoms with van der Waals surface area (Å²) >= 11 is 0. The van der Waals surface area contributed by atoms with Crippen LogP contribution < -0.4 is 20.4 Å². The van der Waals surface area contributed by atoms with E-state index in [1.165, 1.54) is 0 Å². The van der Waals surface area contributed by atoms with Crippen molar-refractivity contribution in [2.75, 3.05) is 41.8 Å². The molecule has 6 rings (SSSR count). The van der Waals surface area contributed by atoms with E-state index >= 15 is 0 Å². The van der Waals surface area contributed by atoms with Crippen LogP contribution in [0.5, 0.6) is 0 Å². The average Bonchev–Trinajstić information content (AvgIpc) is 3.55. The summed E-state index contributed by atoms with van der Waals surface area (Å²) in [6.07, 6.45) is 1.58. The molecule has 2 aliphatic rings. The number of rotatable bonds is 4. The number of amides is 1. The number of aromatic nitrogens is 8. The molecule has 37 heavy (non-hydrogen) atoms. The van der Waals surface area contributed by atoms with E-state index in [1.807, 2.05) is 50.1 Å². The van der Waals surface area contributed by atoms with Gasteiger partial charge >= 0.3 is 0 Å². The molecule has 3 aromatic heterocycles. The van der Waals surface area contributed by atoms with Gasteiger partial charge in [-0.2, -0.15) is 5.10 Å². The Morgan fingerprint density at radius 1 is 1.19 bits per heavy atom. The van der Waals surface area contributed by atoms with E-state index in [-0.39, 0.29) is 11.9 Å². The molecule has 1 saturated heterocycles. The summed E-state index contributed by atoms with van der Waals surface area (Å²) in [5, 5.41) is 26.8. The molecule has 190 valence electrons. The van der Waals surface area contributed by atoms with Crippen molar-refractivity contribution < 1.29 is 4.79 Å². The second-order valence-electron chi connectivity index (χ2n) is 9.51. The van der Waals surface area contributed by atoms with E-state index < -0.39 is 0 Å². The molecule has 0 aliphatic carbocycles. The highest BCUT2D eigenvalue weighted by Gasteiger charge is 2.32. The maximum Gasteiger partial charge on any atom is 0.255 e. The minimum atomic E-state index is -0.304. The first-order chi connectivity index (χ1) is 17.9. The van der Waals surface area contributed by atoms with Gasteiger partial charge in [0.1, 0.15) is 17.8 Å². The van der Waals surface area contributed by atoms with Gasteiger partial charge in [-0.05, 0) is 49.4 Å². The van der Waals surface area contributed by atoms with Crippen molar-refractivity contribution in [1.82, 2.24) is 45.7 Å². The Balaban J connectivity index is 1.29. The molecule has 0 saturated carbocycles. The van der Waals surface area contributed by atoms with Crippen molar-refractivity contribution >= 4 is 34.3 Å². The van der Waals surface area contributed by atoms with Crippen LogP contribution in [0.4, 0.5) is 17.5 Å². The molecule has 13 nitrogen and oxygen atoms in total. The molecule has 13 heteroatoms. The van der Waals surface area contributed by atoms with Crippen molar-refractivity contribution in [1.29, 1.82) is 0 Å². The molecular weight excluding hydrogens is 472 g/mol. The van der Waals surface area contributed by atoms with E-state index in [9.17, 15) is 4.79 Å². The topological polar surface area (TPSA) is 146 Å². The van der Waals surface area contributed by atoms with Crippen LogP contribution in [0.25, 0.3) is 22.3 Å². The summed E-state index contributed by atoms with van der Waals surface area (Å²) in [4.78, 5) is 26.5. The molecule has 1 aromatic carbocycles. The lowest BCUT2D eigenvalue weighted by molar-refractivity contribution is -0.113. The standard InChI is InChI=1S/C24H28N12O/c1-13-11-35(8-7-25-13)20-10-19(26-12-27-20)22-17-9-16(5-6-18(17)29-30-22)28-23(37)21-14(2)34(4)24-31-32-33-36(24)15(21)3/h5-6,9-10,12-13,15,25H,7-8,11H2,1-4H3,(H,28,37)(H,29,30)/t13-,15?/m0/s1. The number of carbonyl (C=O) groups is 1. The smallest absolute Gasteiger partial charge is 0.255 e. The number of anilines is 3. The van der Waals surface area contributed by atoms with Gasteiger partial charge in [0.05, 0.1) is 22.8 Å². The highest BCUT2D eigenvalue weighted by molar-refractivity contribution is 6.07. The number of fused-ring (bicyclic) bond motifs is 2. The molecule has 2 atom stereocenters. The van der Waals surface area contributed by atoms with Gasteiger partial charge < -0.3 is 20.4 Å². The van der Waals surface area contributed by atoms with Gasteiger partial charge in [0.2, 0.25) is 5.95 Å². The second-order valence-corrected chi connectivity index (χ2v) is 9.51. The quantitative estimate of drug-likeness (QED) is 0.379. The van der Waals surface area contributed by atoms with Gasteiger partial charge in [-0.3, -0.25) is 9.89 Å². The number of nitrogens with zero attached hydrogens (tertiary/aromatic N) is 9. The third-order valence-electron chi connectivity index (χ3n) is 7.11. The lowest BCUT2D eigenvalue weighted by Crippen LogP contribution is -2.49. The highest BCUT2D eigenvalue weighted by atomic mass is 16.1. The average molecular weight is 501 g/mol. The molecule has 2 aliphatic heterocycles. The van der Waals surface area contributed by atoms with Gasteiger partial charge in [0.15, 0.2) is 0 Å². The first-order valence-corrected chi connectivity index (χ1v) is 12.2. The Hall–Kier alpha value is -4.39. The lowest BCUT2D eigenvalue weighted by atomic mass is 10.0. The van der Waals surface area contributed by atoms with E-state index in [0.29, 0.717) is 28.9 Å². The zero-order valence-electron chi connectivity index (χ0n) is 21.1. The Kier molecular flexibility index (Phi) is 5.56. The number of carbonyl (C=O) groups excluding carboxylic acids is 1. The molecule has 5 heterocycles. The Bertz CT molecular complexity index is 1520. The van der Waals surface area contributed by atoms with Crippen LogP contribution in [0, 0.1) is 0 Å². The van der Waals surface area contributed by atoms with E-state index in [2.05, 4.69) is 58.1 Å². The summed E-state index contributed by atoms with van der Waals surface area (Å²) in [7, 11) is 1.84. The second kappa shape index (κ2) is 8.92. The first kappa shape index (κ1) is 23.0. The number of hydrogen-bond donors (Lipinski definition) is 3. The lowest BCUT2D eigenvalue weighted by Gasteiger charge is -2.32. The van der Waals surface area contributed by atoms with Crippen LogP contribution in [0.1, 0.15) is 26.8 Å². The van der Waals surface area contributed by atoms with Gasteiger partial charge in [0, 0.05) is 55.6 Å². The minimum Gasteiger partial charge on any atom is -0.354 e. The maximum atomic E-state index is 13.4. The molecule has 1 unspecified atom stereocenters. The van der Waals surface area contributed by atoms with Crippen LogP contribution in [-0.2, 0) is 4.79 Å². The number of allylic oxidation sites excluding steroid dienone is 1. The van der Waals surface area contributed by atoms with Crippen molar-refractivity contribution in [3.05, 3.63) is 41.9 Å². The first-order valence-electron chi connectivity index (χ1n) is 12.2. The molecule has 4 aromatic rings. The van der Waals surface area contributed by atoms with E-state index in [0.717, 1.165) is 47.7 Å². The largest absolute Gasteiger partial charge is 0.354 e. The number of piperazine rings is 1. The minimum absolute atomic E-state index is 0.209. The fourth-order valence-corrected chi connectivity index (χ4v) is 5.04. The summed E-state index contributed by atoms with van der Waals surface area (Å²) in [5.41, 5.74) is 4.33. The number of aromatic amines is 1. The third kappa shape index (κ3) is 3.96. The molecule has 0 bridgehead atoms. The zero-order chi connectivity index (χ0) is 25.7. The molecule has 1 fully saturated rings. The monoisotopic (exact) mass is 500 g/mol. The predicted octanol–water partition coefficient (Wildman–Crippen LogP) is 1.73. The van der Waals surface area contributed by atoms with E-state index in [4.69, 9.17) is 0 Å². The van der Waals surface area contributed by atoms with Gasteiger partial charge in [-0.15, -0.1) is 0 Å². The molecule has 0 radical (unpaired) electrons. The summed E-state index contributed by atoms with van der Waals surface area (Å²) < 4.78 is 1.64. The summed E-state index contributed by atoms with van der Waals surface area (Å²) in [6.45, 7) is 8.64. The maximum absolute atomic E-state index is 13.4. The number of nitrogens with one attached hydrogen (secondary N) is 3. The van der Waals surface area contributed by atoms with Crippen molar-refractivity contribution in [3.8, 4) is 11.4 Å². The Morgan fingerprint density at radius 2 is 2.05 bits per heavy atom. The number of H-pyrrole nitrogens is 1. The summed E-state index contributed by atoms with van der Waals surface area (Å²) in [5.74, 6) is 1.27. The van der Waals surface area contributed by atoms with Crippen LogP contribution in [0.2, 0.25) is 0 Å². The molecule has 1 amide bonds. The molecule has 3 N–H and O–H groups in total. The third-order valence-corrected chi connectivity index (χ3v) is 7.11. The van der Waals surface area contributed by atoms with Gasteiger partial charge in [0.25, 0.3) is 5.91 Å². The molecule has 0 spiro atoms. The fraction of sp³-hybridized carbons (Fsp3) is 0.375. The van der Waals surface area contributed by atoms with E-state index in [1.54, 1.807) is 11.0 Å². The molecular formula is C24H28N12O. The van der Waals surface area contributed by atoms with Crippen LogP contribution in [-0.4, -0.2) is 79.0 Å². The zero-order valence-corrected chi connectivity index (χ0v) is 21.1. The highest BCUT2D eigenvalue weighted by Crippen LogP contribution is 2.33. The summed E-state index contributed by atoms with van der Waals surface area (Å²) in [6, 6.07) is 7.72. The van der Waals surface area contributed by atoms with Gasteiger partial charge in [-0.1, -0.05) is 5.10 Å². The number of hydrogen-bond acceptors (Lipinski definition) is 10. The number of benzene rings is 1. The van der Waals surface area contributed by atoms with Gasteiger partial charge in [-0.25, -0.2) is 14.6 Å². The Morgan fingerprint density at radius 3 is 2.89 bits per heavy atom. The predicted molar refractivity (Wildman–Crippen MR) is 139 cm³/mol. The van der Waals surface area contributed by atoms with Crippen molar-refractivity contribution in [3.63, 3.8) is 0 Å². The van der Waals surface area contributed by atoms with Crippen molar-refractivity contribution in [2.45, 2.75) is 32.9 Å². The fourth-order valence-electron chi connectivity index (χ4n) is 5.04. The van der Waals surface area contributed by atoms with Crippen molar-refractivity contribution in [2.24, 2.45) is 0 Å². The van der Waals surface area contributed by atoms with Crippen LogP contribution in [0.15, 0.2) is 41.9 Å². The SMILES string of the molecule is CC1=C(C(=O)Nc2ccc3[nH]nc(-c4cc(N5CCN[C@@H](C)C5)ncn4)c3c2)C(C)n2nnnc2N1C. The van der Waals surface area contributed by atoms with Crippen LogP contribution in [0.3, 0.4) is 0 Å². The number of tetrazole rings is 1. The van der Waals surface area contributed by atoms with Crippen LogP contribution >= 0.6 is 0 Å². The Labute approximate surface area is 213 Å². The normalized spacial score (nSPS) is 19.9.